The third kappa shape index (κ3) is 8.55. The monoisotopic (exact) mass is 520 g/mol. The zero-order valence-electron chi connectivity index (χ0n) is 18.1. The standard InChI is InChI=1S/C21H36N4O3.HI/c1-5-22-21(24-18-8-10-25(11-9-18)16(2)3)23-15-17-6-7-19(28-13-12-26)20(14-17)27-4;/h6-7,14,16,18,26H,5,8-13,15H2,1-4H3,(H2,22,23,24);1H. The number of methoxy groups -OCH3 is 1. The number of guanidine groups is 1. The number of rotatable bonds is 9. The second-order valence-electron chi connectivity index (χ2n) is 7.30. The summed E-state index contributed by atoms with van der Waals surface area (Å²) in [6.07, 6.45) is 2.26. The highest BCUT2D eigenvalue weighted by molar-refractivity contribution is 14.0. The predicted octanol–water partition coefficient (Wildman–Crippen LogP) is 2.61. The lowest BCUT2D eigenvalue weighted by Gasteiger charge is -2.35. The van der Waals surface area contributed by atoms with Crippen LogP contribution in [-0.4, -0.2) is 68.0 Å². The summed E-state index contributed by atoms with van der Waals surface area (Å²) in [5, 5.41) is 15.8. The zero-order chi connectivity index (χ0) is 20.4. The molecule has 1 aromatic carbocycles. The summed E-state index contributed by atoms with van der Waals surface area (Å²) in [5.41, 5.74) is 1.04. The van der Waals surface area contributed by atoms with E-state index in [1.54, 1.807) is 7.11 Å². The molecule has 0 radical (unpaired) electrons. The molecule has 0 saturated carbocycles. The first-order chi connectivity index (χ1) is 13.6. The number of likely N-dealkylation sites (tertiary alicyclic amines) is 1. The second-order valence-corrected chi connectivity index (χ2v) is 7.30. The van der Waals surface area contributed by atoms with Gasteiger partial charge in [-0.15, -0.1) is 24.0 Å². The topological polar surface area (TPSA) is 78.4 Å². The summed E-state index contributed by atoms with van der Waals surface area (Å²) in [6.45, 7) is 10.4. The van der Waals surface area contributed by atoms with Crippen LogP contribution < -0.4 is 20.1 Å². The molecule has 29 heavy (non-hydrogen) atoms. The SMILES string of the molecule is CCNC(=NCc1ccc(OCCO)c(OC)c1)NC1CCN(C(C)C)CC1.I. The van der Waals surface area contributed by atoms with E-state index in [0.29, 0.717) is 30.1 Å². The molecule has 0 unspecified atom stereocenters. The van der Waals surface area contributed by atoms with E-state index in [-0.39, 0.29) is 37.2 Å². The van der Waals surface area contributed by atoms with Crippen molar-refractivity contribution in [3.8, 4) is 11.5 Å². The number of nitrogens with one attached hydrogen (secondary N) is 2. The molecular weight excluding hydrogens is 483 g/mol. The fraction of sp³-hybridized carbons (Fsp3) is 0.667. The number of ether oxygens (including phenoxy) is 2. The van der Waals surface area contributed by atoms with Crippen LogP contribution in [0.25, 0.3) is 0 Å². The average molecular weight is 520 g/mol. The van der Waals surface area contributed by atoms with Gasteiger partial charge in [0.1, 0.15) is 6.61 Å². The Morgan fingerprint density at radius 1 is 1.28 bits per heavy atom. The molecule has 3 N–H and O–H groups in total. The van der Waals surface area contributed by atoms with Crippen LogP contribution in [0.4, 0.5) is 0 Å². The van der Waals surface area contributed by atoms with E-state index < -0.39 is 0 Å². The van der Waals surface area contributed by atoms with Gasteiger partial charge in [-0.05, 0) is 51.3 Å². The van der Waals surface area contributed by atoms with Gasteiger partial charge in [0.2, 0.25) is 0 Å². The molecule has 1 fully saturated rings. The summed E-state index contributed by atoms with van der Waals surface area (Å²) in [5.74, 6) is 2.14. The molecule has 8 heteroatoms. The minimum absolute atomic E-state index is 0. The van der Waals surface area contributed by atoms with Crippen LogP contribution in [0.1, 0.15) is 39.2 Å². The fourth-order valence-electron chi connectivity index (χ4n) is 3.33. The molecule has 1 aliphatic rings. The lowest BCUT2D eigenvalue weighted by molar-refractivity contribution is 0.167. The van der Waals surface area contributed by atoms with Crippen LogP contribution in [0.15, 0.2) is 23.2 Å². The first-order valence-corrected chi connectivity index (χ1v) is 10.3. The van der Waals surface area contributed by atoms with Crippen LogP contribution in [0.5, 0.6) is 11.5 Å². The number of hydrogen-bond acceptors (Lipinski definition) is 5. The first kappa shape index (κ1) is 25.8. The smallest absolute Gasteiger partial charge is 0.191 e. The van der Waals surface area contributed by atoms with E-state index in [9.17, 15) is 0 Å². The summed E-state index contributed by atoms with van der Waals surface area (Å²) < 4.78 is 10.9. The molecule has 1 saturated heterocycles. The van der Waals surface area contributed by atoms with E-state index >= 15 is 0 Å². The average Bonchev–Trinajstić information content (AvgIpc) is 2.71. The summed E-state index contributed by atoms with van der Waals surface area (Å²) in [6, 6.07) is 6.84. The molecular formula is C21H37IN4O3. The van der Waals surface area contributed by atoms with Gasteiger partial charge in [0, 0.05) is 31.7 Å². The molecule has 1 aromatic rings. The van der Waals surface area contributed by atoms with Gasteiger partial charge in [0.25, 0.3) is 0 Å². The number of benzene rings is 1. The van der Waals surface area contributed by atoms with Crippen molar-refractivity contribution in [2.75, 3.05) is 40.0 Å². The Hall–Kier alpha value is -1.26. The van der Waals surface area contributed by atoms with Crippen LogP contribution in [0.2, 0.25) is 0 Å². The Kier molecular flexibility index (Phi) is 12.3. The van der Waals surface area contributed by atoms with Gasteiger partial charge in [-0.2, -0.15) is 0 Å². The maximum Gasteiger partial charge on any atom is 0.191 e. The van der Waals surface area contributed by atoms with Gasteiger partial charge in [-0.25, -0.2) is 4.99 Å². The molecule has 0 aromatic heterocycles. The van der Waals surface area contributed by atoms with Crippen LogP contribution >= 0.6 is 24.0 Å². The van der Waals surface area contributed by atoms with E-state index in [2.05, 4.69) is 36.3 Å². The quantitative estimate of drug-likeness (QED) is 0.264. The number of aliphatic hydroxyl groups excluding tert-OH is 1. The number of halogens is 1. The molecule has 0 spiro atoms. The predicted molar refractivity (Wildman–Crippen MR) is 129 cm³/mol. The van der Waals surface area contributed by atoms with Gasteiger partial charge < -0.3 is 30.1 Å². The number of piperidine rings is 1. The highest BCUT2D eigenvalue weighted by Gasteiger charge is 2.21. The number of nitrogens with zero attached hydrogens (tertiary/aromatic N) is 2. The highest BCUT2D eigenvalue weighted by Crippen LogP contribution is 2.28. The maximum absolute atomic E-state index is 8.92. The molecule has 7 nitrogen and oxygen atoms in total. The van der Waals surface area contributed by atoms with Gasteiger partial charge in [-0.3, -0.25) is 0 Å². The van der Waals surface area contributed by atoms with Crippen molar-refractivity contribution in [1.82, 2.24) is 15.5 Å². The Morgan fingerprint density at radius 3 is 2.59 bits per heavy atom. The Bertz CT molecular complexity index is 620. The lowest BCUT2D eigenvalue weighted by Crippen LogP contribution is -2.49. The van der Waals surface area contributed by atoms with Crippen molar-refractivity contribution in [2.24, 2.45) is 4.99 Å². The van der Waals surface area contributed by atoms with E-state index in [1.165, 1.54) is 0 Å². The second kappa shape index (κ2) is 13.9. The van der Waals surface area contributed by atoms with E-state index in [4.69, 9.17) is 19.6 Å². The summed E-state index contributed by atoms with van der Waals surface area (Å²) in [7, 11) is 1.61. The van der Waals surface area contributed by atoms with Crippen molar-refractivity contribution < 1.29 is 14.6 Å². The lowest BCUT2D eigenvalue weighted by atomic mass is 10.0. The summed E-state index contributed by atoms with van der Waals surface area (Å²) in [4.78, 5) is 7.27. The maximum atomic E-state index is 8.92. The Labute approximate surface area is 192 Å². The molecule has 2 rings (SSSR count). The molecule has 0 amide bonds. The Morgan fingerprint density at radius 2 is 2.00 bits per heavy atom. The minimum Gasteiger partial charge on any atom is -0.493 e. The van der Waals surface area contributed by atoms with Crippen molar-refractivity contribution in [3.63, 3.8) is 0 Å². The third-order valence-corrected chi connectivity index (χ3v) is 4.94. The number of aliphatic hydroxyl groups is 1. The molecule has 0 aliphatic carbocycles. The van der Waals surface area contributed by atoms with E-state index in [0.717, 1.165) is 44.0 Å². The largest absolute Gasteiger partial charge is 0.493 e. The molecule has 0 atom stereocenters. The third-order valence-electron chi connectivity index (χ3n) is 4.94. The van der Waals surface area contributed by atoms with E-state index in [1.807, 2.05) is 18.2 Å². The molecule has 0 bridgehead atoms. The number of hydrogen-bond donors (Lipinski definition) is 3. The molecule has 1 aliphatic heterocycles. The van der Waals surface area contributed by atoms with Crippen molar-refractivity contribution in [1.29, 1.82) is 0 Å². The van der Waals surface area contributed by atoms with Crippen molar-refractivity contribution in [3.05, 3.63) is 23.8 Å². The zero-order valence-corrected chi connectivity index (χ0v) is 20.4. The van der Waals surface area contributed by atoms with Crippen LogP contribution in [0, 0.1) is 0 Å². The number of aliphatic imine (C=N–C) groups is 1. The van der Waals surface area contributed by atoms with Gasteiger partial charge in [-0.1, -0.05) is 6.07 Å². The molecule has 1 heterocycles. The van der Waals surface area contributed by atoms with Gasteiger partial charge >= 0.3 is 0 Å². The van der Waals surface area contributed by atoms with Crippen molar-refractivity contribution >= 4 is 29.9 Å². The normalized spacial score (nSPS) is 15.7. The molecule has 166 valence electrons. The Balaban J connectivity index is 0.00000420. The van der Waals surface area contributed by atoms with Crippen LogP contribution in [-0.2, 0) is 6.54 Å². The minimum atomic E-state index is -0.0248. The highest BCUT2D eigenvalue weighted by atomic mass is 127. The van der Waals surface area contributed by atoms with Crippen molar-refractivity contribution in [2.45, 2.75) is 52.2 Å². The summed E-state index contributed by atoms with van der Waals surface area (Å²) >= 11 is 0. The van der Waals surface area contributed by atoms with Crippen LogP contribution in [0.3, 0.4) is 0 Å². The van der Waals surface area contributed by atoms with Gasteiger partial charge in [0.05, 0.1) is 20.3 Å². The fourth-order valence-corrected chi connectivity index (χ4v) is 3.33. The van der Waals surface area contributed by atoms with Gasteiger partial charge in [0.15, 0.2) is 17.5 Å². The first-order valence-electron chi connectivity index (χ1n) is 10.3.